The van der Waals surface area contributed by atoms with E-state index in [2.05, 4.69) is 0 Å². The van der Waals surface area contributed by atoms with E-state index in [1.54, 1.807) is 43.0 Å². The van der Waals surface area contributed by atoms with Gasteiger partial charge < -0.3 is 14.4 Å². The Morgan fingerprint density at radius 1 is 1.14 bits per heavy atom. The second kappa shape index (κ2) is 9.77. The van der Waals surface area contributed by atoms with E-state index in [0.717, 1.165) is 10.6 Å². The van der Waals surface area contributed by atoms with Gasteiger partial charge in [0.2, 0.25) is 15.9 Å². The van der Waals surface area contributed by atoms with Crippen molar-refractivity contribution in [2.24, 2.45) is 5.92 Å². The van der Waals surface area contributed by atoms with Crippen LogP contribution in [0.5, 0.6) is 5.75 Å². The summed E-state index contributed by atoms with van der Waals surface area (Å²) in [6, 6.07) is 6.74. The lowest BCUT2D eigenvalue weighted by atomic mass is 9.97. The molecule has 1 heterocycles. The molecule has 1 aliphatic heterocycles. The Labute approximate surface area is 166 Å². The third-order valence-corrected chi connectivity index (χ3v) is 5.71. The fourth-order valence-corrected chi connectivity index (χ4v) is 4.02. The Kier molecular flexibility index (Phi) is 7.68. The number of likely N-dealkylation sites (tertiary alicyclic amines) is 1. The topological polar surface area (TPSA) is 93.2 Å². The monoisotopic (exact) mass is 412 g/mol. The van der Waals surface area contributed by atoms with E-state index in [9.17, 15) is 18.0 Å². The number of sulfonamides is 1. The average Bonchev–Trinajstić information content (AvgIpc) is 2.66. The van der Waals surface area contributed by atoms with Crippen LogP contribution in [0.1, 0.15) is 26.7 Å². The Balaban J connectivity index is 2.10. The molecular weight excluding hydrogens is 384 g/mol. The number of piperidine rings is 1. The first kappa shape index (κ1) is 22.0. The highest BCUT2D eigenvalue weighted by molar-refractivity contribution is 7.92. The lowest BCUT2D eigenvalue weighted by Crippen LogP contribution is -2.46. The predicted molar refractivity (Wildman–Crippen MR) is 106 cm³/mol. The number of hydrogen-bond acceptors (Lipinski definition) is 6. The SMILES string of the molecule is CCOC(=O)C1CCN(C(=O)CN(c2ccccc2OCC)S(C)(=O)=O)CC1. The number of benzene rings is 1. The van der Waals surface area contributed by atoms with Crippen LogP contribution in [0.2, 0.25) is 0 Å². The molecule has 0 saturated carbocycles. The fraction of sp³-hybridized carbons (Fsp3) is 0.579. The average molecular weight is 413 g/mol. The summed E-state index contributed by atoms with van der Waals surface area (Å²) in [4.78, 5) is 26.2. The van der Waals surface area contributed by atoms with E-state index in [1.807, 2.05) is 0 Å². The summed E-state index contributed by atoms with van der Waals surface area (Å²) < 4.78 is 36.3. The number of nitrogens with zero attached hydrogens (tertiary/aromatic N) is 2. The molecule has 9 heteroatoms. The Hall–Kier alpha value is -2.29. The van der Waals surface area contributed by atoms with Crippen molar-refractivity contribution in [3.05, 3.63) is 24.3 Å². The molecular formula is C19H28N2O6S. The molecule has 0 aliphatic carbocycles. The van der Waals surface area contributed by atoms with Gasteiger partial charge in [-0.3, -0.25) is 13.9 Å². The summed E-state index contributed by atoms with van der Waals surface area (Å²) in [5, 5.41) is 0. The van der Waals surface area contributed by atoms with Crippen LogP contribution in [-0.2, 0) is 24.3 Å². The maximum absolute atomic E-state index is 12.8. The first-order valence-corrected chi connectivity index (χ1v) is 11.3. The highest BCUT2D eigenvalue weighted by atomic mass is 32.2. The summed E-state index contributed by atoms with van der Waals surface area (Å²) in [6.07, 6.45) is 2.09. The second-order valence-corrected chi connectivity index (χ2v) is 8.48. The van der Waals surface area contributed by atoms with E-state index in [0.29, 0.717) is 50.6 Å². The number of rotatable bonds is 8. The van der Waals surface area contributed by atoms with Gasteiger partial charge in [-0.1, -0.05) is 12.1 Å². The molecule has 1 amide bonds. The van der Waals surface area contributed by atoms with Crippen LogP contribution in [-0.4, -0.2) is 64.3 Å². The molecule has 0 atom stereocenters. The molecule has 0 radical (unpaired) electrons. The first-order valence-electron chi connectivity index (χ1n) is 9.41. The van der Waals surface area contributed by atoms with Crippen molar-refractivity contribution in [2.45, 2.75) is 26.7 Å². The maximum Gasteiger partial charge on any atom is 0.309 e. The van der Waals surface area contributed by atoms with Crippen molar-refractivity contribution < 1.29 is 27.5 Å². The number of ether oxygens (including phenoxy) is 2. The van der Waals surface area contributed by atoms with Crippen molar-refractivity contribution in [3.63, 3.8) is 0 Å². The number of hydrogen-bond donors (Lipinski definition) is 0. The first-order chi connectivity index (χ1) is 13.3. The zero-order valence-electron chi connectivity index (χ0n) is 16.6. The molecule has 1 aromatic carbocycles. The van der Waals surface area contributed by atoms with Crippen LogP contribution in [0.15, 0.2) is 24.3 Å². The highest BCUT2D eigenvalue weighted by Crippen LogP contribution is 2.30. The van der Waals surface area contributed by atoms with Gasteiger partial charge in [-0.15, -0.1) is 0 Å². The third kappa shape index (κ3) is 5.60. The standard InChI is InChI=1S/C19H28N2O6S/c1-4-26-17-9-7-6-8-16(17)21(28(3,24)25)14-18(22)20-12-10-15(11-13-20)19(23)27-5-2/h6-9,15H,4-5,10-14H2,1-3H3. The Morgan fingerprint density at radius 3 is 2.36 bits per heavy atom. The molecule has 0 N–H and O–H groups in total. The van der Waals surface area contributed by atoms with Crippen LogP contribution < -0.4 is 9.04 Å². The number of para-hydroxylation sites is 2. The van der Waals surface area contributed by atoms with Gasteiger partial charge in [0.05, 0.1) is 31.1 Å². The van der Waals surface area contributed by atoms with Gasteiger partial charge in [0.15, 0.2) is 0 Å². The zero-order chi connectivity index (χ0) is 20.7. The smallest absolute Gasteiger partial charge is 0.309 e. The summed E-state index contributed by atoms with van der Waals surface area (Å²) >= 11 is 0. The van der Waals surface area contributed by atoms with Gasteiger partial charge in [0, 0.05) is 13.1 Å². The maximum atomic E-state index is 12.8. The van der Waals surface area contributed by atoms with Crippen LogP contribution in [0.3, 0.4) is 0 Å². The number of esters is 1. The Morgan fingerprint density at radius 2 is 1.79 bits per heavy atom. The van der Waals surface area contributed by atoms with E-state index in [1.165, 1.54) is 0 Å². The molecule has 1 aromatic rings. The summed E-state index contributed by atoms with van der Waals surface area (Å²) in [5.41, 5.74) is 0.335. The van der Waals surface area contributed by atoms with E-state index in [-0.39, 0.29) is 24.3 Å². The van der Waals surface area contributed by atoms with Crippen molar-refractivity contribution in [1.82, 2.24) is 4.90 Å². The van der Waals surface area contributed by atoms with Crippen LogP contribution >= 0.6 is 0 Å². The minimum atomic E-state index is -3.69. The molecule has 156 valence electrons. The van der Waals surface area contributed by atoms with Gasteiger partial charge in [0.25, 0.3) is 0 Å². The lowest BCUT2D eigenvalue weighted by molar-refractivity contribution is -0.151. The van der Waals surface area contributed by atoms with Crippen molar-refractivity contribution in [1.29, 1.82) is 0 Å². The van der Waals surface area contributed by atoms with E-state index >= 15 is 0 Å². The van der Waals surface area contributed by atoms with Crippen molar-refractivity contribution in [3.8, 4) is 5.75 Å². The van der Waals surface area contributed by atoms with Gasteiger partial charge >= 0.3 is 5.97 Å². The number of carbonyl (C=O) groups is 2. The van der Waals surface area contributed by atoms with Gasteiger partial charge in [0.1, 0.15) is 12.3 Å². The number of amides is 1. The van der Waals surface area contributed by atoms with E-state index in [4.69, 9.17) is 9.47 Å². The molecule has 0 aromatic heterocycles. The molecule has 1 saturated heterocycles. The van der Waals surface area contributed by atoms with Crippen LogP contribution in [0, 0.1) is 5.92 Å². The molecule has 0 unspecified atom stereocenters. The lowest BCUT2D eigenvalue weighted by Gasteiger charge is -2.33. The van der Waals surface area contributed by atoms with Crippen LogP contribution in [0.4, 0.5) is 5.69 Å². The fourth-order valence-electron chi connectivity index (χ4n) is 3.17. The second-order valence-electron chi connectivity index (χ2n) is 6.58. The molecule has 2 rings (SSSR count). The summed E-state index contributed by atoms with van der Waals surface area (Å²) in [5.74, 6) is -0.352. The normalized spacial score (nSPS) is 15.2. The molecule has 1 aliphatic rings. The third-order valence-electron chi connectivity index (χ3n) is 4.58. The van der Waals surface area contributed by atoms with Crippen molar-refractivity contribution in [2.75, 3.05) is 43.4 Å². The molecule has 0 bridgehead atoms. The number of carbonyl (C=O) groups excluding carboxylic acids is 2. The van der Waals surface area contributed by atoms with Crippen molar-refractivity contribution >= 4 is 27.6 Å². The predicted octanol–water partition coefficient (Wildman–Crippen LogP) is 1.65. The Bertz CT molecular complexity index is 787. The number of anilines is 1. The largest absolute Gasteiger partial charge is 0.492 e. The quantitative estimate of drug-likeness (QED) is 0.603. The molecule has 0 spiro atoms. The highest BCUT2D eigenvalue weighted by Gasteiger charge is 2.31. The van der Waals surface area contributed by atoms with Gasteiger partial charge in [-0.25, -0.2) is 8.42 Å². The van der Waals surface area contributed by atoms with Crippen LogP contribution in [0.25, 0.3) is 0 Å². The molecule has 1 fully saturated rings. The minimum absolute atomic E-state index is 0.214. The molecule has 28 heavy (non-hydrogen) atoms. The molecule has 8 nitrogen and oxygen atoms in total. The van der Waals surface area contributed by atoms with Gasteiger partial charge in [-0.2, -0.15) is 0 Å². The van der Waals surface area contributed by atoms with Gasteiger partial charge in [-0.05, 0) is 38.8 Å². The zero-order valence-corrected chi connectivity index (χ0v) is 17.4. The minimum Gasteiger partial charge on any atom is -0.492 e. The van der Waals surface area contributed by atoms with E-state index < -0.39 is 10.0 Å². The summed E-state index contributed by atoms with van der Waals surface area (Å²) in [6.45, 7) is 4.76. The summed E-state index contributed by atoms with van der Waals surface area (Å²) in [7, 11) is -3.69.